The van der Waals surface area contributed by atoms with E-state index < -0.39 is 22.3 Å². The normalized spacial score (nSPS) is 13.8. The number of nitrogens with zero attached hydrogens (tertiary/aromatic N) is 2. The maximum atomic E-state index is 13.0. The average Bonchev–Trinajstić information content (AvgIpc) is 3.42. The van der Waals surface area contributed by atoms with Gasteiger partial charge in [0.1, 0.15) is 0 Å². The maximum absolute atomic E-state index is 13.0. The minimum absolute atomic E-state index is 0. The molecule has 1 aliphatic rings. The third-order valence-corrected chi connectivity index (χ3v) is 10.3. The maximum Gasteiger partial charge on any atom is 2.00 e. The van der Waals surface area contributed by atoms with Gasteiger partial charge in [-0.2, -0.15) is 0 Å². The first-order chi connectivity index (χ1) is 26.5. The van der Waals surface area contributed by atoms with Gasteiger partial charge in [-0.25, -0.2) is 9.98 Å². The summed E-state index contributed by atoms with van der Waals surface area (Å²) in [4.78, 5) is 10.4. The van der Waals surface area contributed by atoms with Gasteiger partial charge >= 0.3 is 16.5 Å². The van der Waals surface area contributed by atoms with Crippen molar-refractivity contribution in [1.82, 2.24) is 0 Å². The van der Waals surface area contributed by atoms with Crippen molar-refractivity contribution < 1.29 is 36.2 Å². The number of para-hydroxylation sites is 2. The van der Waals surface area contributed by atoms with Crippen molar-refractivity contribution in [2.24, 2.45) is 9.98 Å². The number of aryl methyl sites for hydroxylation is 4. The van der Waals surface area contributed by atoms with Crippen LogP contribution in [0.4, 0.5) is 11.4 Å². The van der Waals surface area contributed by atoms with Gasteiger partial charge in [-0.1, -0.05) is 141 Å². The molecule has 5 aromatic rings. The van der Waals surface area contributed by atoms with E-state index in [0.717, 1.165) is 59.6 Å². The molecule has 1 aliphatic carbocycles. The first-order valence-electron chi connectivity index (χ1n) is 20.2. The Kier molecular flexibility index (Phi) is 14.8. The van der Waals surface area contributed by atoms with E-state index >= 15 is 0 Å². The summed E-state index contributed by atoms with van der Waals surface area (Å²) in [5, 5.41) is 28.4. The Labute approximate surface area is 351 Å². The van der Waals surface area contributed by atoms with Crippen LogP contribution in [0.2, 0.25) is 0 Å². The van der Waals surface area contributed by atoms with Crippen molar-refractivity contribution in [3.63, 3.8) is 0 Å². The first kappa shape index (κ1) is 45.1. The summed E-state index contributed by atoms with van der Waals surface area (Å²) in [7, 11) is 0. The standard InChI is InChI=1S/C28H24N2.C22H38O4.Ni/c1-17-9-5-10-18(2)25(17)29-27-22-15-7-13-21-14-8-16-23(24(21)22)28(27)30-26-19(3)11-6-12-20(26)4;1-9-11-13-25-19-15(21(3,4)5)17(23)18(24)16(22(6,7)8)20(19)26-14-12-10-2;/h5-16H,1-4H3;23-24H,9-14H2,1-8H3;/q;;+2/p-2. The van der Waals surface area contributed by atoms with Crippen LogP contribution in [-0.2, 0) is 27.3 Å². The SMILES string of the molecule is CCCCOc1c(OCCCC)c(C(C)(C)C)c([O-])c([O-])c1C(C)(C)C.Cc1cccc(C)c1N=C1C(=Nc2c(C)cccc2C)c2cccc3cccc1c23.[Ni+2]. The van der Waals surface area contributed by atoms with Crippen molar-refractivity contribution in [1.29, 1.82) is 0 Å². The van der Waals surface area contributed by atoms with Crippen molar-refractivity contribution in [3.05, 3.63) is 117 Å². The second-order valence-corrected chi connectivity index (χ2v) is 17.1. The number of unbranched alkanes of at least 4 members (excludes halogenated alkanes) is 2. The van der Waals surface area contributed by atoms with Gasteiger partial charge in [-0.05, 0) is 90.1 Å². The molecule has 0 heterocycles. The van der Waals surface area contributed by atoms with Crippen molar-refractivity contribution in [2.45, 2.75) is 120 Å². The quantitative estimate of drug-likeness (QED) is 0.104. The zero-order valence-electron chi connectivity index (χ0n) is 36.0. The summed E-state index contributed by atoms with van der Waals surface area (Å²) in [6.07, 6.45) is 3.76. The zero-order valence-corrected chi connectivity index (χ0v) is 37.0. The van der Waals surface area contributed by atoms with E-state index in [-0.39, 0.29) is 16.5 Å². The Morgan fingerprint density at radius 3 is 1.18 bits per heavy atom. The van der Waals surface area contributed by atoms with Crippen molar-refractivity contribution in [2.75, 3.05) is 13.2 Å². The van der Waals surface area contributed by atoms with Gasteiger partial charge in [0.15, 0.2) is 11.5 Å². The molecule has 6 rings (SSSR count). The molecular formula is C50H60N2NiO4. The fraction of sp³-hybridized carbons (Fsp3) is 0.400. The predicted octanol–water partition coefficient (Wildman–Crippen LogP) is 12.1. The largest absolute Gasteiger partial charge is 2.00 e. The summed E-state index contributed by atoms with van der Waals surface area (Å²) in [6, 6.07) is 25.6. The molecule has 57 heavy (non-hydrogen) atoms. The molecule has 6 nitrogen and oxygen atoms in total. The molecule has 0 atom stereocenters. The molecule has 0 N–H and O–H groups in total. The van der Waals surface area contributed by atoms with Gasteiger partial charge in [0.25, 0.3) is 0 Å². The van der Waals surface area contributed by atoms with Gasteiger partial charge in [-0.3, -0.25) is 0 Å². The molecule has 0 saturated carbocycles. The Morgan fingerprint density at radius 1 is 0.526 bits per heavy atom. The van der Waals surface area contributed by atoms with Crippen LogP contribution >= 0.6 is 0 Å². The molecule has 5 aromatic carbocycles. The second kappa shape index (κ2) is 18.8. The Hall–Kier alpha value is -4.61. The number of benzene rings is 5. The van der Waals surface area contributed by atoms with Crippen LogP contribution in [0, 0.1) is 27.7 Å². The fourth-order valence-corrected chi connectivity index (χ4v) is 7.34. The Balaban J connectivity index is 0.000000252. The van der Waals surface area contributed by atoms with Crippen molar-refractivity contribution in [3.8, 4) is 23.0 Å². The van der Waals surface area contributed by atoms with Gasteiger partial charge < -0.3 is 19.7 Å². The van der Waals surface area contributed by atoms with Crippen LogP contribution in [0.25, 0.3) is 10.8 Å². The summed E-state index contributed by atoms with van der Waals surface area (Å²) < 4.78 is 12.1. The Morgan fingerprint density at radius 2 is 0.860 bits per heavy atom. The second-order valence-electron chi connectivity index (χ2n) is 17.1. The fourth-order valence-electron chi connectivity index (χ4n) is 7.34. The number of aliphatic imine (C=N–C) groups is 2. The van der Waals surface area contributed by atoms with Crippen molar-refractivity contribution >= 4 is 33.6 Å². The molecule has 0 fully saturated rings. The van der Waals surface area contributed by atoms with E-state index in [1.807, 2.05) is 41.5 Å². The monoisotopic (exact) mass is 810 g/mol. The van der Waals surface area contributed by atoms with Gasteiger partial charge in [0.05, 0.1) is 36.0 Å². The topological polar surface area (TPSA) is 89.3 Å². The minimum atomic E-state index is -0.503. The molecular weight excluding hydrogens is 751 g/mol. The number of ether oxygens (including phenoxy) is 2. The van der Waals surface area contributed by atoms with Gasteiger partial charge in [0.2, 0.25) is 0 Å². The third-order valence-electron chi connectivity index (χ3n) is 10.3. The molecule has 0 amide bonds. The predicted molar refractivity (Wildman–Crippen MR) is 232 cm³/mol. The molecule has 304 valence electrons. The zero-order chi connectivity index (χ0) is 40.9. The number of hydrogen-bond donors (Lipinski definition) is 0. The van der Waals surface area contributed by atoms with E-state index in [1.54, 1.807) is 0 Å². The van der Waals surface area contributed by atoms with E-state index in [9.17, 15) is 10.2 Å². The van der Waals surface area contributed by atoms with E-state index in [4.69, 9.17) is 19.5 Å². The van der Waals surface area contributed by atoms with E-state index in [0.29, 0.717) is 35.8 Å². The van der Waals surface area contributed by atoms with Gasteiger partial charge in [0, 0.05) is 16.5 Å². The number of hydrogen-bond acceptors (Lipinski definition) is 6. The van der Waals surface area contributed by atoms with E-state index in [1.165, 1.54) is 33.0 Å². The van der Waals surface area contributed by atoms with Crippen LogP contribution < -0.4 is 19.7 Å². The Bertz CT molecular complexity index is 2080. The molecule has 0 radical (unpaired) electrons. The summed E-state index contributed by atoms with van der Waals surface area (Å²) >= 11 is 0. The average molecular weight is 812 g/mol. The summed E-state index contributed by atoms with van der Waals surface area (Å²) in [5.74, 6) is 0.0155. The van der Waals surface area contributed by atoms with Crippen LogP contribution in [0.3, 0.4) is 0 Å². The smallest absolute Gasteiger partial charge is 0.873 e. The minimum Gasteiger partial charge on any atom is -0.873 e. The third kappa shape index (κ3) is 9.75. The molecule has 0 aromatic heterocycles. The van der Waals surface area contributed by atoms with Crippen LogP contribution in [0.1, 0.15) is 126 Å². The van der Waals surface area contributed by atoms with Crippen LogP contribution in [0.15, 0.2) is 82.8 Å². The van der Waals surface area contributed by atoms with Crippen LogP contribution in [-0.4, -0.2) is 24.6 Å². The van der Waals surface area contributed by atoms with Gasteiger partial charge in [-0.15, -0.1) is 11.5 Å². The summed E-state index contributed by atoms with van der Waals surface area (Å²) in [5.41, 5.74) is 10.9. The molecule has 0 bridgehead atoms. The molecule has 0 spiro atoms. The first-order valence-corrected chi connectivity index (χ1v) is 20.2. The molecule has 0 unspecified atom stereocenters. The summed E-state index contributed by atoms with van der Waals surface area (Å²) in [6.45, 7) is 25.3. The molecule has 0 aliphatic heterocycles. The molecule has 0 saturated heterocycles. The van der Waals surface area contributed by atoms with E-state index in [2.05, 4.69) is 114 Å². The molecule has 7 heteroatoms. The number of rotatable bonds is 10. The van der Waals surface area contributed by atoms with Crippen LogP contribution in [0.5, 0.6) is 23.0 Å².